The molecule has 1 N–H and O–H groups in total. The third-order valence-corrected chi connectivity index (χ3v) is 3.15. The first-order valence-corrected chi connectivity index (χ1v) is 6.71. The van der Waals surface area contributed by atoms with Gasteiger partial charge in [0.2, 0.25) is 0 Å². The zero-order valence-corrected chi connectivity index (χ0v) is 11.6. The van der Waals surface area contributed by atoms with Crippen molar-refractivity contribution in [3.05, 3.63) is 60.2 Å². The summed E-state index contributed by atoms with van der Waals surface area (Å²) in [5, 5.41) is 3.06. The fourth-order valence-corrected chi connectivity index (χ4v) is 1.99. The topological polar surface area (TPSA) is 38.3 Å². The van der Waals surface area contributed by atoms with Gasteiger partial charge in [0.25, 0.3) is 0 Å². The normalized spacial score (nSPS) is 10.2. The summed E-state index contributed by atoms with van der Waals surface area (Å²) >= 11 is 0. The van der Waals surface area contributed by atoms with Crippen molar-refractivity contribution in [2.45, 2.75) is 6.42 Å². The highest BCUT2D eigenvalue weighted by molar-refractivity contribution is 5.71. The Labute approximate surface area is 119 Å². The molecular formula is C17H19NO2. The van der Waals surface area contributed by atoms with Crippen molar-refractivity contribution in [2.24, 2.45) is 0 Å². The Balaban J connectivity index is 1.85. The summed E-state index contributed by atoms with van der Waals surface area (Å²) in [5.41, 5.74) is 3.70. The van der Waals surface area contributed by atoms with Crippen LogP contribution in [0.2, 0.25) is 0 Å². The second-order valence-corrected chi connectivity index (χ2v) is 4.57. The van der Waals surface area contributed by atoms with E-state index < -0.39 is 0 Å². The van der Waals surface area contributed by atoms with Crippen LogP contribution >= 0.6 is 0 Å². The summed E-state index contributed by atoms with van der Waals surface area (Å²) < 4.78 is 4.57. The molecule has 0 saturated heterocycles. The van der Waals surface area contributed by atoms with Crippen LogP contribution in [-0.2, 0) is 16.0 Å². The van der Waals surface area contributed by atoms with Crippen LogP contribution in [0.15, 0.2) is 54.6 Å². The molecule has 3 heteroatoms. The molecular weight excluding hydrogens is 250 g/mol. The van der Waals surface area contributed by atoms with Gasteiger partial charge < -0.3 is 10.1 Å². The Hall–Kier alpha value is -2.13. The number of ether oxygens (including phenoxy) is 1. The molecule has 0 aliphatic rings. The zero-order valence-electron chi connectivity index (χ0n) is 11.6. The van der Waals surface area contributed by atoms with Crippen LogP contribution in [0.1, 0.15) is 5.56 Å². The predicted octanol–water partition coefficient (Wildman–Crippen LogP) is 2.66. The number of carbonyl (C=O) groups excluding carboxylic acids is 1. The van der Waals surface area contributed by atoms with Gasteiger partial charge in [-0.3, -0.25) is 4.79 Å². The van der Waals surface area contributed by atoms with E-state index in [-0.39, 0.29) is 12.5 Å². The maximum atomic E-state index is 10.9. The second-order valence-electron chi connectivity index (χ2n) is 4.57. The molecule has 2 rings (SSSR count). The lowest BCUT2D eigenvalue weighted by Crippen LogP contribution is -2.25. The minimum atomic E-state index is -0.232. The third-order valence-electron chi connectivity index (χ3n) is 3.15. The molecule has 2 aromatic carbocycles. The van der Waals surface area contributed by atoms with Crippen LogP contribution in [-0.4, -0.2) is 26.2 Å². The van der Waals surface area contributed by atoms with Crippen LogP contribution in [0.25, 0.3) is 11.1 Å². The Morgan fingerprint density at radius 2 is 1.65 bits per heavy atom. The standard InChI is InChI=1S/C17H19NO2/c1-20-17(19)13-18-12-11-14-7-9-16(10-8-14)15-5-3-2-4-6-15/h2-10,18H,11-13H2,1H3. The highest BCUT2D eigenvalue weighted by atomic mass is 16.5. The lowest BCUT2D eigenvalue weighted by atomic mass is 10.0. The van der Waals surface area contributed by atoms with Crippen LogP contribution in [0.5, 0.6) is 0 Å². The largest absolute Gasteiger partial charge is 0.468 e. The number of esters is 1. The van der Waals surface area contributed by atoms with Gasteiger partial charge in [-0.05, 0) is 29.7 Å². The van der Waals surface area contributed by atoms with E-state index in [1.54, 1.807) is 0 Å². The fourth-order valence-electron chi connectivity index (χ4n) is 1.99. The van der Waals surface area contributed by atoms with Gasteiger partial charge in [-0.25, -0.2) is 0 Å². The molecule has 0 heterocycles. The monoisotopic (exact) mass is 269 g/mol. The smallest absolute Gasteiger partial charge is 0.319 e. The molecule has 0 aromatic heterocycles. The van der Waals surface area contributed by atoms with Crippen LogP contribution in [0.4, 0.5) is 0 Å². The molecule has 0 spiro atoms. The first-order valence-electron chi connectivity index (χ1n) is 6.71. The summed E-state index contributed by atoms with van der Waals surface area (Å²) in [4.78, 5) is 10.9. The van der Waals surface area contributed by atoms with Crippen molar-refractivity contribution < 1.29 is 9.53 Å². The van der Waals surface area contributed by atoms with Gasteiger partial charge in [-0.2, -0.15) is 0 Å². The minimum Gasteiger partial charge on any atom is -0.468 e. The maximum absolute atomic E-state index is 10.9. The van der Waals surface area contributed by atoms with E-state index in [1.807, 2.05) is 18.2 Å². The Bertz CT molecular complexity index is 535. The van der Waals surface area contributed by atoms with E-state index in [4.69, 9.17) is 0 Å². The number of methoxy groups -OCH3 is 1. The quantitative estimate of drug-likeness (QED) is 0.647. The SMILES string of the molecule is COC(=O)CNCCc1ccc(-c2ccccc2)cc1. The molecule has 20 heavy (non-hydrogen) atoms. The van der Waals surface area contributed by atoms with Gasteiger partial charge >= 0.3 is 5.97 Å². The van der Waals surface area contributed by atoms with E-state index in [0.29, 0.717) is 0 Å². The zero-order chi connectivity index (χ0) is 14.2. The highest BCUT2D eigenvalue weighted by Crippen LogP contribution is 2.19. The molecule has 0 atom stereocenters. The van der Waals surface area contributed by atoms with Gasteiger partial charge in [0.05, 0.1) is 13.7 Å². The number of carbonyl (C=O) groups is 1. The maximum Gasteiger partial charge on any atom is 0.319 e. The summed E-state index contributed by atoms with van der Waals surface area (Å²) in [6, 6.07) is 18.8. The molecule has 2 aromatic rings. The molecule has 0 aliphatic carbocycles. The van der Waals surface area contributed by atoms with Gasteiger partial charge in [-0.15, -0.1) is 0 Å². The summed E-state index contributed by atoms with van der Waals surface area (Å²) in [7, 11) is 1.40. The molecule has 0 unspecified atom stereocenters. The van der Waals surface area contributed by atoms with Crippen molar-refractivity contribution in [3.8, 4) is 11.1 Å². The van der Waals surface area contributed by atoms with E-state index in [0.717, 1.165) is 13.0 Å². The van der Waals surface area contributed by atoms with Crippen molar-refractivity contribution in [3.63, 3.8) is 0 Å². The Morgan fingerprint density at radius 1 is 1.00 bits per heavy atom. The van der Waals surface area contributed by atoms with Crippen LogP contribution in [0.3, 0.4) is 0 Å². The van der Waals surface area contributed by atoms with E-state index >= 15 is 0 Å². The van der Waals surface area contributed by atoms with Crippen molar-refractivity contribution >= 4 is 5.97 Å². The van der Waals surface area contributed by atoms with Crippen molar-refractivity contribution in [1.29, 1.82) is 0 Å². The number of hydrogen-bond donors (Lipinski definition) is 1. The van der Waals surface area contributed by atoms with E-state index in [9.17, 15) is 4.79 Å². The van der Waals surface area contributed by atoms with Gasteiger partial charge in [0.15, 0.2) is 0 Å². The average Bonchev–Trinajstić information content (AvgIpc) is 2.52. The minimum absolute atomic E-state index is 0.232. The third kappa shape index (κ3) is 4.21. The van der Waals surface area contributed by atoms with Crippen molar-refractivity contribution in [2.75, 3.05) is 20.2 Å². The number of rotatable bonds is 6. The Morgan fingerprint density at radius 3 is 2.30 bits per heavy atom. The molecule has 0 radical (unpaired) electrons. The van der Waals surface area contributed by atoms with Gasteiger partial charge in [0, 0.05) is 0 Å². The van der Waals surface area contributed by atoms with Crippen molar-refractivity contribution in [1.82, 2.24) is 5.32 Å². The first-order chi connectivity index (χ1) is 9.79. The summed E-state index contributed by atoms with van der Waals surface area (Å²) in [6.07, 6.45) is 0.895. The van der Waals surface area contributed by atoms with Gasteiger partial charge in [0.1, 0.15) is 0 Å². The molecule has 0 saturated carbocycles. The number of hydrogen-bond acceptors (Lipinski definition) is 3. The first kappa shape index (κ1) is 14.3. The van der Waals surface area contributed by atoms with Gasteiger partial charge in [-0.1, -0.05) is 54.6 Å². The fraction of sp³-hybridized carbons (Fsp3) is 0.235. The van der Waals surface area contributed by atoms with Crippen LogP contribution in [0, 0.1) is 0 Å². The average molecular weight is 269 g/mol. The lowest BCUT2D eigenvalue weighted by molar-refractivity contribution is -0.139. The van der Waals surface area contributed by atoms with E-state index in [2.05, 4.69) is 46.5 Å². The Kier molecular flexibility index (Phi) is 5.33. The molecule has 0 fully saturated rings. The molecule has 3 nitrogen and oxygen atoms in total. The number of benzene rings is 2. The summed E-state index contributed by atoms with van der Waals surface area (Å²) in [5.74, 6) is -0.232. The molecule has 104 valence electrons. The lowest BCUT2D eigenvalue weighted by Gasteiger charge is -2.06. The van der Waals surface area contributed by atoms with Crippen LogP contribution < -0.4 is 5.32 Å². The molecule has 0 amide bonds. The molecule has 0 aliphatic heterocycles. The highest BCUT2D eigenvalue weighted by Gasteiger charge is 2.00. The predicted molar refractivity (Wildman–Crippen MR) is 80.5 cm³/mol. The van der Waals surface area contributed by atoms with E-state index in [1.165, 1.54) is 23.8 Å². The molecule has 0 bridgehead atoms. The summed E-state index contributed by atoms with van der Waals surface area (Å²) in [6.45, 7) is 1.03. The second kappa shape index (κ2) is 7.46. The number of nitrogens with one attached hydrogen (secondary N) is 1.